The van der Waals surface area contributed by atoms with Gasteiger partial charge in [-0.15, -0.1) is 0 Å². The zero-order valence-electron chi connectivity index (χ0n) is 11.6. The first-order chi connectivity index (χ1) is 8.60. The molecule has 0 bridgehead atoms. The summed E-state index contributed by atoms with van der Waals surface area (Å²) < 4.78 is 5.29. The number of ether oxygens (including phenoxy) is 1. The third-order valence-corrected chi connectivity index (χ3v) is 3.44. The number of aryl methyl sites for hydroxylation is 3. The molecule has 0 spiro atoms. The lowest BCUT2D eigenvalue weighted by Crippen LogP contribution is -1.93. The summed E-state index contributed by atoms with van der Waals surface area (Å²) in [6, 6.07) is 13.1. The summed E-state index contributed by atoms with van der Waals surface area (Å²) >= 11 is 0. The molecule has 0 unspecified atom stereocenters. The molecular formula is C17H20O. The van der Waals surface area contributed by atoms with Gasteiger partial charge in [-0.05, 0) is 61.1 Å². The number of hydrogen-bond acceptors (Lipinski definition) is 1. The van der Waals surface area contributed by atoms with Gasteiger partial charge in [-0.25, -0.2) is 0 Å². The van der Waals surface area contributed by atoms with E-state index in [9.17, 15) is 0 Å². The Kier molecular flexibility index (Phi) is 3.71. The summed E-state index contributed by atoms with van der Waals surface area (Å²) in [5.74, 6) is 0.957. The van der Waals surface area contributed by atoms with Gasteiger partial charge in [0.1, 0.15) is 5.75 Å². The normalized spacial score (nSPS) is 10.4. The molecule has 0 aliphatic rings. The first-order valence-electron chi connectivity index (χ1n) is 6.30. The molecule has 0 heterocycles. The van der Waals surface area contributed by atoms with Crippen LogP contribution in [0.2, 0.25) is 0 Å². The molecular weight excluding hydrogens is 220 g/mol. The van der Waals surface area contributed by atoms with Gasteiger partial charge < -0.3 is 4.74 Å². The van der Waals surface area contributed by atoms with Crippen molar-refractivity contribution in [2.45, 2.75) is 27.2 Å². The number of hydrogen-bond donors (Lipinski definition) is 0. The third kappa shape index (κ3) is 2.73. The van der Waals surface area contributed by atoms with Crippen molar-refractivity contribution in [3.8, 4) is 5.75 Å². The Morgan fingerprint density at radius 2 is 1.39 bits per heavy atom. The van der Waals surface area contributed by atoms with Crippen molar-refractivity contribution < 1.29 is 4.74 Å². The first kappa shape index (κ1) is 12.7. The second-order valence-electron chi connectivity index (χ2n) is 4.90. The molecule has 0 N–H and O–H groups in total. The van der Waals surface area contributed by atoms with E-state index in [1.54, 1.807) is 7.11 Å². The van der Waals surface area contributed by atoms with Gasteiger partial charge in [0.05, 0.1) is 7.11 Å². The highest BCUT2D eigenvalue weighted by Crippen LogP contribution is 2.21. The Bertz CT molecular complexity index is 556. The smallest absolute Gasteiger partial charge is 0.121 e. The summed E-state index contributed by atoms with van der Waals surface area (Å²) in [5, 5.41) is 0. The van der Waals surface area contributed by atoms with Gasteiger partial charge in [0.25, 0.3) is 0 Å². The van der Waals surface area contributed by atoms with Crippen LogP contribution in [0.5, 0.6) is 5.75 Å². The SMILES string of the molecule is COc1ccc(Cc2ccc(C)c(C)c2)cc1C. The monoisotopic (exact) mass is 240 g/mol. The Hall–Kier alpha value is -1.76. The molecule has 0 aliphatic carbocycles. The van der Waals surface area contributed by atoms with Gasteiger partial charge in [0, 0.05) is 0 Å². The van der Waals surface area contributed by atoms with Crippen LogP contribution in [0.15, 0.2) is 36.4 Å². The van der Waals surface area contributed by atoms with Crippen molar-refractivity contribution in [3.63, 3.8) is 0 Å². The van der Waals surface area contributed by atoms with Crippen LogP contribution < -0.4 is 4.74 Å². The average Bonchev–Trinajstić information content (AvgIpc) is 2.34. The molecule has 1 nitrogen and oxygen atoms in total. The predicted octanol–water partition coefficient (Wildman–Crippen LogP) is 4.21. The second kappa shape index (κ2) is 5.26. The zero-order valence-corrected chi connectivity index (χ0v) is 11.6. The van der Waals surface area contributed by atoms with Crippen LogP contribution in [0.1, 0.15) is 27.8 Å². The molecule has 2 rings (SSSR count). The van der Waals surface area contributed by atoms with Gasteiger partial charge in [-0.2, -0.15) is 0 Å². The van der Waals surface area contributed by atoms with Gasteiger partial charge in [0.2, 0.25) is 0 Å². The third-order valence-electron chi connectivity index (χ3n) is 3.44. The maximum atomic E-state index is 5.29. The maximum Gasteiger partial charge on any atom is 0.121 e. The fourth-order valence-corrected chi connectivity index (χ4v) is 2.20. The highest BCUT2D eigenvalue weighted by Gasteiger charge is 2.02. The van der Waals surface area contributed by atoms with E-state index >= 15 is 0 Å². The fourth-order valence-electron chi connectivity index (χ4n) is 2.20. The van der Waals surface area contributed by atoms with Crippen LogP contribution in [0, 0.1) is 20.8 Å². The minimum Gasteiger partial charge on any atom is -0.496 e. The summed E-state index contributed by atoms with van der Waals surface area (Å²) in [7, 11) is 1.71. The molecule has 18 heavy (non-hydrogen) atoms. The van der Waals surface area contributed by atoms with Gasteiger partial charge in [-0.3, -0.25) is 0 Å². The van der Waals surface area contributed by atoms with E-state index in [1.807, 2.05) is 6.07 Å². The second-order valence-corrected chi connectivity index (χ2v) is 4.90. The van der Waals surface area contributed by atoms with Crippen LogP contribution in [0.25, 0.3) is 0 Å². The van der Waals surface area contributed by atoms with E-state index in [2.05, 4.69) is 51.1 Å². The summed E-state index contributed by atoms with van der Waals surface area (Å²) in [5.41, 5.74) is 6.60. The van der Waals surface area contributed by atoms with Crippen LogP contribution in [0.4, 0.5) is 0 Å². The van der Waals surface area contributed by atoms with E-state index in [0.717, 1.165) is 12.2 Å². The van der Waals surface area contributed by atoms with Crippen LogP contribution in [-0.4, -0.2) is 7.11 Å². The molecule has 0 fully saturated rings. The summed E-state index contributed by atoms with van der Waals surface area (Å²) in [6.07, 6.45) is 0.978. The van der Waals surface area contributed by atoms with E-state index in [1.165, 1.54) is 27.8 Å². The van der Waals surface area contributed by atoms with Gasteiger partial charge >= 0.3 is 0 Å². The molecule has 0 radical (unpaired) electrons. The molecule has 2 aromatic carbocycles. The van der Waals surface area contributed by atoms with E-state index < -0.39 is 0 Å². The lowest BCUT2D eigenvalue weighted by Gasteiger charge is -2.09. The Labute approximate surface area is 109 Å². The van der Waals surface area contributed by atoms with Crippen molar-refractivity contribution in [2.75, 3.05) is 7.11 Å². The van der Waals surface area contributed by atoms with Gasteiger partial charge in [-0.1, -0.05) is 30.3 Å². The molecule has 0 amide bonds. The van der Waals surface area contributed by atoms with E-state index in [-0.39, 0.29) is 0 Å². The van der Waals surface area contributed by atoms with Crippen LogP contribution in [-0.2, 0) is 6.42 Å². The Morgan fingerprint density at radius 1 is 0.778 bits per heavy atom. The average molecular weight is 240 g/mol. The molecule has 0 atom stereocenters. The molecule has 94 valence electrons. The predicted molar refractivity (Wildman–Crippen MR) is 76.5 cm³/mol. The largest absolute Gasteiger partial charge is 0.496 e. The number of methoxy groups -OCH3 is 1. The number of rotatable bonds is 3. The highest BCUT2D eigenvalue weighted by atomic mass is 16.5. The molecule has 0 saturated heterocycles. The standard InChI is InChI=1S/C17H20O/c1-12-5-6-15(9-13(12)2)11-16-7-8-17(18-4)14(3)10-16/h5-10H,11H2,1-4H3. The zero-order chi connectivity index (χ0) is 13.1. The van der Waals surface area contributed by atoms with Crippen molar-refractivity contribution in [1.82, 2.24) is 0 Å². The molecule has 0 saturated carbocycles. The van der Waals surface area contributed by atoms with Crippen LogP contribution >= 0.6 is 0 Å². The van der Waals surface area contributed by atoms with Crippen molar-refractivity contribution in [2.24, 2.45) is 0 Å². The first-order valence-corrected chi connectivity index (χ1v) is 6.30. The van der Waals surface area contributed by atoms with Crippen molar-refractivity contribution >= 4 is 0 Å². The fraction of sp³-hybridized carbons (Fsp3) is 0.294. The van der Waals surface area contributed by atoms with E-state index in [4.69, 9.17) is 4.74 Å². The molecule has 0 aliphatic heterocycles. The van der Waals surface area contributed by atoms with Gasteiger partial charge in [0.15, 0.2) is 0 Å². The van der Waals surface area contributed by atoms with Crippen molar-refractivity contribution in [1.29, 1.82) is 0 Å². The maximum absolute atomic E-state index is 5.29. The van der Waals surface area contributed by atoms with Crippen LogP contribution in [0.3, 0.4) is 0 Å². The summed E-state index contributed by atoms with van der Waals surface area (Å²) in [4.78, 5) is 0. The quantitative estimate of drug-likeness (QED) is 0.781. The van der Waals surface area contributed by atoms with E-state index in [0.29, 0.717) is 0 Å². The lowest BCUT2D eigenvalue weighted by atomic mass is 9.99. The minimum absolute atomic E-state index is 0.957. The molecule has 2 aromatic rings. The summed E-state index contributed by atoms with van der Waals surface area (Å²) in [6.45, 7) is 6.40. The Balaban J connectivity index is 2.23. The Morgan fingerprint density at radius 3 is 1.94 bits per heavy atom. The molecule has 0 aromatic heterocycles. The number of benzene rings is 2. The lowest BCUT2D eigenvalue weighted by molar-refractivity contribution is 0.411. The van der Waals surface area contributed by atoms with Crippen molar-refractivity contribution in [3.05, 3.63) is 64.2 Å². The topological polar surface area (TPSA) is 9.23 Å². The minimum atomic E-state index is 0.957. The highest BCUT2D eigenvalue weighted by molar-refractivity contribution is 5.39. The molecule has 1 heteroatoms.